The lowest BCUT2D eigenvalue weighted by atomic mass is 10.1. The summed E-state index contributed by atoms with van der Waals surface area (Å²) >= 11 is 11.2. The number of carbonyl (C=O) groups excluding carboxylic acids is 1. The van der Waals surface area contributed by atoms with Gasteiger partial charge in [-0.05, 0) is 36.0 Å². The van der Waals surface area contributed by atoms with Gasteiger partial charge in [0.25, 0.3) is 5.69 Å². The Hall–Kier alpha value is -2.91. The van der Waals surface area contributed by atoms with Crippen molar-refractivity contribution in [1.82, 2.24) is 5.32 Å². The number of hydrogen-bond acceptors (Lipinski definition) is 6. The summed E-state index contributed by atoms with van der Waals surface area (Å²) in [6.45, 7) is 0.298. The predicted octanol–water partition coefficient (Wildman–Crippen LogP) is 3.53. The highest BCUT2D eigenvalue weighted by Crippen LogP contribution is 2.26. The highest BCUT2D eigenvalue weighted by Gasteiger charge is 2.14. The molecule has 2 rings (SSSR count). The van der Waals surface area contributed by atoms with E-state index in [0.717, 1.165) is 5.56 Å². The fourth-order valence-electron chi connectivity index (χ4n) is 2.21. The number of thiocarbonyl (C=S) groups is 1. The van der Waals surface area contributed by atoms with Crippen LogP contribution in [-0.4, -0.2) is 30.2 Å². The normalized spacial score (nSPS) is 10.0. The molecule has 0 spiro atoms. The molecule has 8 nitrogen and oxygen atoms in total. The van der Waals surface area contributed by atoms with Crippen LogP contribution in [0.5, 0.6) is 5.75 Å². The summed E-state index contributed by atoms with van der Waals surface area (Å²) in [6.07, 6.45) is 0. The lowest BCUT2D eigenvalue weighted by Crippen LogP contribution is -2.28. The van der Waals surface area contributed by atoms with Gasteiger partial charge in [0.05, 0.1) is 29.9 Å². The van der Waals surface area contributed by atoms with E-state index in [1.807, 2.05) is 0 Å². The van der Waals surface area contributed by atoms with Crippen molar-refractivity contribution in [3.63, 3.8) is 0 Å². The molecule has 2 aromatic carbocycles. The summed E-state index contributed by atoms with van der Waals surface area (Å²) in [4.78, 5) is 22.2. The van der Waals surface area contributed by atoms with E-state index < -0.39 is 10.9 Å². The highest BCUT2D eigenvalue weighted by atomic mass is 35.5. The Labute approximate surface area is 165 Å². The zero-order chi connectivity index (χ0) is 20.0. The Morgan fingerprint density at radius 1 is 1.26 bits per heavy atom. The van der Waals surface area contributed by atoms with E-state index in [-0.39, 0.29) is 10.8 Å². The van der Waals surface area contributed by atoms with Crippen molar-refractivity contribution in [1.29, 1.82) is 0 Å². The molecule has 0 saturated carbocycles. The van der Waals surface area contributed by atoms with Gasteiger partial charge in [0.15, 0.2) is 5.11 Å². The molecule has 0 heterocycles. The zero-order valence-corrected chi connectivity index (χ0v) is 16.0. The summed E-state index contributed by atoms with van der Waals surface area (Å²) < 4.78 is 9.88. The SMILES string of the molecule is COC(=O)c1cc(CNC(=S)Nc2cc([N+](=O)[O-])ccc2Cl)ccc1OC. The maximum atomic E-state index is 11.8. The van der Waals surface area contributed by atoms with Crippen molar-refractivity contribution >= 4 is 46.3 Å². The molecular formula is C17H16ClN3O5S. The topological polar surface area (TPSA) is 103 Å². The molecule has 0 atom stereocenters. The van der Waals surface area contributed by atoms with Gasteiger partial charge in [-0.25, -0.2) is 4.79 Å². The third-order valence-electron chi connectivity index (χ3n) is 3.53. The van der Waals surface area contributed by atoms with Gasteiger partial charge in [0.2, 0.25) is 0 Å². The van der Waals surface area contributed by atoms with E-state index in [2.05, 4.69) is 10.6 Å². The molecule has 0 bridgehead atoms. The van der Waals surface area contributed by atoms with Gasteiger partial charge in [-0.15, -0.1) is 0 Å². The minimum atomic E-state index is -0.524. The van der Waals surface area contributed by atoms with Crippen LogP contribution in [-0.2, 0) is 11.3 Å². The number of carbonyl (C=O) groups is 1. The maximum Gasteiger partial charge on any atom is 0.341 e. The van der Waals surface area contributed by atoms with Crippen molar-refractivity contribution in [3.05, 3.63) is 62.7 Å². The van der Waals surface area contributed by atoms with Crippen LogP contribution in [0, 0.1) is 10.1 Å². The summed E-state index contributed by atoms with van der Waals surface area (Å²) in [5.41, 5.74) is 1.25. The average Bonchev–Trinajstić information content (AvgIpc) is 2.67. The molecule has 10 heteroatoms. The molecule has 27 heavy (non-hydrogen) atoms. The van der Waals surface area contributed by atoms with Gasteiger partial charge in [-0.3, -0.25) is 10.1 Å². The number of methoxy groups -OCH3 is 2. The monoisotopic (exact) mass is 409 g/mol. The molecule has 142 valence electrons. The fraction of sp³-hybridized carbons (Fsp3) is 0.176. The third-order valence-corrected chi connectivity index (χ3v) is 4.11. The second kappa shape index (κ2) is 9.15. The molecule has 0 aliphatic rings. The second-order valence-corrected chi connectivity index (χ2v) is 6.07. The van der Waals surface area contributed by atoms with Crippen LogP contribution in [0.25, 0.3) is 0 Å². The first-order valence-electron chi connectivity index (χ1n) is 7.59. The van der Waals surface area contributed by atoms with E-state index in [1.54, 1.807) is 18.2 Å². The van der Waals surface area contributed by atoms with Crippen molar-refractivity contribution in [2.45, 2.75) is 6.54 Å². The number of nitrogens with one attached hydrogen (secondary N) is 2. The van der Waals surface area contributed by atoms with Crippen LogP contribution >= 0.6 is 23.8 Å². The van der Waals surface area contributed by atoms with Crippen molar-refractivity contribution in [2.24, 2.45) is 0 Å². The van der Waals surface area contributed by atoms with Gasteiger partial charge >= 0.3 is 5.97 Å². The molecule has 0 aliphatic heterocycles. The molecule has 0 amide bonds. The van der Waals surface area contributed by atoms with Crippen molar-refractivity contribution in [2.75, 3.05) is 19.5 Å². The van der Waals surface area contributed by atoms with Crippen LogP contribution in [0.4, 0.5) is 11.4 Å². The van der Waals surface area contributed by atoms with Crippen LogP contribution < -0.4 is 15.4 Å². The van der Waals surface area contributed by atoms with Gasteiger partial charge in [0.1, 0.15) is 11.3 Å². The van der Waals surface area contributed by atoms with Crippen LogP contribution in [0.15, 0.2) is 36.4 Å². The number of ether oxygens (including phenoxy) is 2. The molecule has 0 fully saturated rings. The largest absolute Gasteiger partial charge is 0.496 e. The molecular weight excluding hydrogens is 394 g/mol. The number of nitrogens with zero attached hydrogens (tertiary/aromatic N) is 1. The second-order valence-electron chi connectivity index (χ2n) is 5.26. The number of rotatable bonds is 6. The van der Waals surface area contributed by atoms with E-state index in [1.165, 1.54) is 32.4 Å². The minimum absolute atomic E-state index is 0.109. The van der Waals surface area contributed by atoms with Gasteiger partial charge in [-0.1, -0.05) is 17.7 Å². The Morgan fingerprint density at radius 3 is 2.63 bits per heavy atom. The number of anilines is 1. The Balaban J connectivity index is 2.07. The molecule has 0 saturated heterocycles. The highest BCUT2D eigenvalue weighted by molar-refractivity contribution is 7.80. The fourth-order valence-corrected chi connectivity index (χ4v) is 2.55. The maximum absolute atomic E-state index is 11.8. The summed E-state index contributed by atoms with van der Waals surface area (Å²) in [5, 5.41) is 17.1. The Bertz CT molecular complexity index is 891. The van der Waals surface area contributed by atoms with Crippen LogP contribution in [0.3, 0.4) is 0 Å². The first-order valence-corrected chi connectivity index (χ1v) is 8.38. The summed E-state index contributed by atoms with van der Waals surface area (Å²) in [6, 6.07) is 9.05. The third kappa shape index (κ3) is 5.28. The number of esters is 1. The quantitative estimate of drug-likeness (QED) is 0.323. The molecule has 2 N–H and O–H groups in total. The first-order chi connectivity index (χ1) is 12.8. The molecule has 2 aromatic rings. The first kappa shape index (κ1) is 20.4. The molecule has 0 aromatic heterocycles. The number of hydrogen-bond donors (Lipinski definition) is 2. The minimum Gasteiger partial charge on any atom is -0.496 e. The number of nitro groups is 1. The van der Waals surface area contributed by atoms with E-state index >= 15 is 0 Å². The number of non-ortho nitro benzene ring substituents is 1. The van der Waals surface area contributed by atoms with Crippen LogP contribution in [0.2, 0.25) is 5.02 Å². The molecule has 0 unspecified atom stereocenters. The lowest BCUT2D eigenvalue weighted by Gasteiger charge is -2.13. The van der Waals surface area contributed by atoms with Gasteiger partial charge in [-0.2, -0.15) is 0 Å². The van der Waals surface area contributed by atoms with Gasteiger partial charge < -0.3 is 20.1 Å². The van der Waals surface area contributed by atoms with Crippen LogP contribution in [0.1, 0.15) is 15.9 Å². The molecule has 0 aliphatic carbocycles. The number of benzene rings is 2. The van der Waals surface area contributed by atoms with E-state index in [0.29, 0.717) is 28.6 Å². The van der Waals surface area contributed by atoms with E-state index in [9.17, 15) is 14.9 Å². The Kier molecular flexibility index (Phi) is 6.91. The zero-order valence-electron chi connectivity index (χ0n) is 14.4. The average molecular weight is 410 g/mol. The molecule has 0 radical (unpaired) electrons. The number of nitro benzene ring substituents is 1. The number of halogens is 1. The Morgan fingerprint density at radius 2 is 2.00 bits per heavy atom. The van der Waals surface area contributed by atoms with Crippen molar-refractivity contribution in [3.8, 4) is 5.75 Å². The summed E-state index contributed by atoms with van der Waals surface area (Å²) in [7, 11) is 2.75. The predicted molar refractivity (Wildman–Crippen MR) is 106 cm³/mol. The smallest absolute Gasteiger partial charge is 0.341 e. The van der Waals surface area contributed by atoms with E-state index in [4.69, 9.17) is 33.3 Å². The standard InChI is InChI=1S/C17H16ClN3O5S/c1-25-15-6-3-10(7-12(15)16(22)26-2)9-19-17(27)20-14-8-11(21(23)24)4-5-13(14)18/h3-8H,9H2,1-2H3,(H2,19,20,27). The lowest BCUT2D eigenvalue weighted by molar-refractivity contribution is -0.384. The summed E-state index contributed by atoms with van der Waals surface area (Å²) in [5.74, 6) is -0.118. The van der Waals surface area contributed by atoms with Gasteiger partial charge in [0, 0.05) is 18.7 Å². The van der Waals surface area contributed by atoms with Crippen molar-refractivity contribution < 1.29 is 19.2 Å².